The van der Waals surface area contributed by atoms with Crippen LogP contribution in [0.1, 0.15) is 31.4 Å². The van der Waals surface area contributed by atoms with Crippen molar-refractivity contribution < 1.29 is 0 Å². The molecule has 0 spiro atoms. The van der Waals surface area contributed by atoms with Gasteiger partial charge in [0.15, 0.2) is 0 Å². The van der Waals surface area contributed by atoms with E-state index in [1.54, 1.807) is 0 Å². The van der Waals surface area contributed by atoms with Gasteiger partial charge in [0, 0.05) is 18.4 Å². The van der Waals surface area contributed by atoms with E-state index in [-0.39, 0.29) is 0 Å². The van der Waals surface area contributed by atoms with Crippen molar-refractivity contribution >= 4 is 0 Å². The van der Waals surface area contributed by atoms with Gasteiger partial charge in [-0.2, -0.15) is 0 Å². The minimum absolute atomic E-state index is 0.519. The van der Waals surface area contributed by atoms with Crippen LogP contribution in [0.2, 0.25) is 0 Å². The highest BCUT2D eigenvalue weighted by Crippen LogP contribution is 2.28. The van der Waals surface area contributed by atoms with Gasteiger partial charge in [0.05, 0.1) is 0 Å². The van der Waals surface area contributed by atoms with E-state index in [9.17, 15) is 0 Å². The maximum absolute atomic E-state index is 4.08. The van der Waals surface area contributed by atoms with Gasteiger partial charge < -0.3 is 0 Å². The Labute approximate surface area is 150 Å². The summed E-state index contributed by atoms with van der Waals surface area (Å²) in [4.78, 5) is 6.67. The Morgan fingerprint density at radius 2 is 1.12 bits per heavy atom. The Bertz CT molecular complexity index is 801. The number of nitrogens with zero attached hydrogens (tertiary/aromatic N) is 2. The molecule has 1 saturated heterocycles. The fourth-order valence-corrected chi connectivity index (χ4v) is 3.69. The first-order valence-electron chi connectivity index (χ1n) is 9.16. The number of hydrogen-bond acceptors (Lipinski definition) is 2. The first-order valence-corrected chi connectivity index (χ1v) is 9.16. The molecule has 0 saturated carbocycles. The maximum atomic E-state index is 4.08. The second kappa shape index (κ2) is 7.20. The minimum Gasteiger partial charge on any atom is -0.297 e. The van der Waals surface area contributed by atoms with Gasteiger partial charge >= 0.3 is 0 Å². The molecule has 126 valence electrons. The Morgan fingerprint density at radius 3 is 1.64 bits per heavy atom. The molecule has 0 N–H and O–H groups in total. The third-order valence-electron chi connectivity index (χ3n) is 5.31. The van der Waals surface area contributed by atoms with Crippen molar-refractivity contribution in [2.75, 3.05) is 13.1 Å². The predicted molar refractivity (Wildman–Crippen MR) is 104 cm³/mol. The minimum atomic E-state index is 0.519. The summed E-state index contributed by atoms with van der Waals surface area (Å²) < 4.78 is 0. The standard InChI is InChI=1S/C23H24N2/c1-18(25-16-2-3-17-25)19-4-6-20(7-5-19)21-8-10-22(11-9-21)23-12-14-24-15-13-23/h4-15,18H,2-3,16-17H2,1H3. The smallest absolute Gasteiger partial charge is 0.0319 e. The normalized spacial score (nSPS) is 16.0. The molecule has 1 unspecified atom stereocenters. The molecule has 2 heteroatoms. The Hall–Kier alpha value is -2.45. The van der Waals surface area contributed by atoms with Crippen LogP contribution in [0.5, 0.6) is 0 Å². The first kappa shape index (κ1) is 16.0. The lowest BCUT2D eigenvalue weighted by atomic mass is 9.98. The van der Waals surface area contributed by atoms with Gasteiger partial charge in [0.1, 0.15) is 0 Å². The van der Waals surface area contributed by atoms with Gasteiger partial charge in [0.2, 0.25) is 0 Å². The van der Waals surface area contributed by atoms with E-state index in [2.05, 4.69) is 65.3 Å². The average molecular weight is 328 g/mol. The van der Waals surface area contributed by atoms with Crippen molar-refractivity contribution in [3.8, 4) is 22.3 Å². The van der Waals surface area contributed by atoms with Crippen LogP contribution in [-0.2, 0) is 0 Å². The molecule has 0 aliphatic carbocycles. The molecule has 4 rings (SSSR count). The van der Waals surface area contributed by atoms with Gasteiger partial charge in [-0.3, -0.25) is 9.88 Å². The Morgan fingerprint density at radius 1 is 0.680 bits per heavy atom. The Balaban J connectivity index is 1.52. The van der Waals surface area contributed by atoms with E-state index in [4.69, 9.17) is 0 Å². The lowest BCUT2D eigenvalue weighted by molar-refractivity contribution is 0.263. The molecule has 25 heavy (non-hydrogen) atoms. The van der Waals surface area contributed by atoms with E-state index in [0.717, 1.165) is 0 Å². The van der Waals surface area contributed by atoms with Crippen LogP contribution in [0.25, 0.3) is 22.3 Å². The molecule has 1 aliphatic heterocycles. The number of benzene rings is 2. The van der Waals surface area contributed by atoms with Crippen LogP contribution in [0.4, 0.5) is 0 Å². The van der Waals surface area contributed by atoms with E-state index in [0.29, 0.717) is 6.04 Å². The highest BCUT2D eigenvalue weighted by molar-refractivity contribution is 5.70. The van der Waals surface area contributed by atoms with Crippen LogP contribution in [-0.4, -0.2) is 23.0 Å². The summed E-state index contributed by atoms with van der Waals surface area (Å²) in [7, 11) is 0. The van der Waals surface area contributed by atoms with Crippen LogP contribution in [0.15, 0.2) is 73.1 Å². The summed E-state index contributed by atoms with van der Waals surface area (Å²) in [6.45, 7) is 4.79. The summed E-state index contributed by atoms with van der Waals surface area (Å²) in [5, 5.41) is 0. The Kier molecular flexibility index (Phi) is 4.62. The number of likely N-dealkylation sites (tertiary alicyclic amines) is 1. The van der Waals surface area contributed by atoms with Crippen molar-refractivity contribution in [2.45, 2.75) is 25.8 Å². The lowest BCUT2D eigenvalue weighted by Gasteiger charge is -2.24. The van der Waals surface area contributed by atoms with Gasteiger partial charge in [-0.15, -0.1) is 0 Å². The van der Waals surface area contributed by atoms with Crippen molar-refractivity contribution in [3.63, 3.8) is 0 Å². The fraction of sp³-hybridized carbons (Fsp3) is 0.261. The molecule has 2 aromatic carbocycles. The second-order valence-electron chi connectivity index (χ2n) is 6.85. The third kappa shape index (κ3) is 3.49. The summed E-state index contributed by atoms with van der Waals surface area (Å²) in [5.41, 5.74) is 6.39. The molecule has 2 nitrogen and oxygen atoms in total. The van der Waals surface area contributed by atoms with Gasteiger partial charge in [-0.05, 0) is 72.8 Å². The molecule has 0 radical (unpaired) electrons. The van der Waals surface area contributed by atoms with Gasteiger partial charge in [-0.1, -0.05) is 48.5 Å². The highest BCUT2D eigenvalue weighted by Gasteiger charge is 2.19. The van der Waals surface area contributed by atoms with Crippen LogP contribution in [0, 0.1) is 0 Å². The molecule has 1 atom stereocenters. The van der Waals surface area contributed by atoms with Gasteiger partial charge in [-0.25, -0.2) is 0 Å². The SMILES string of the molecule is CC(c1ccc(-c2ccc(-c3ccncc3)cc2)cc1)N1CCCC1. The third-order valence-corrected chi connectivity index (χ3v) is 5.31. The number of hydrogen-bond donors (Lipinski definition) is 0. The second-order valence-corrected chi connectivity index (χ2v) is 6.85. The van der Waals surface area contributed by atoms with Crippen LogP contribution >= 0.6 is 0 Å². The molecule has 3 aromatic rings. The molecule has 1 aromatic heterocycles. The fourth-order valence-electron chi connectivity index (χ4n) is 3.69. The lowest BCUT2D eigenvalue weighted by Crippen LogP contribution is -2.23. The predicted octanol–water partition coefficient (Wildman–Crippen LogP) is 5.57. The molecular formula is C23H24N2. The van der Waals surface area contributed by atoms with Crippen LogP contribution in [0.3, 0.4) is 0 Å². The first-order chi connectivity index (χ1) is 12.3. The van der Waals surface area contributed by atoms with Crippen molar-refractivity contribution in [1.82, 2.24) is 9.88 Å². The topological polar surface area (TPSA) is 16.1 Å². The summed E-state index contributed by atoms with van der Waals surface area (Å²) >= 11 is 0. The van der Waals surface area contributed by atoms with Crippen molar-refractivity contribution in [2.24, 2.45) is 0 Å². The van der Waals surface area contributed by atoms with E-state index in [1.807, 2.05) is 24.5 Å². The monoisotopic (exact) mass is 328 g/mol. The molecule has 0 bridgehead atoms. The summed E-state index contributed by atoms with van der Waals surface area (Å²) in [6, 6.07) is 22.5. The van der Waals surface area contributed by atoms with E-state index in [1.165, 1.54) is 53.7 Å². The molecule has 1 fully saturated rings. The molecule has 1 aliphatic rings. The molecule has 2 heterocycles. The van der Waals surface area contributed by atoms with Crippen molar-refractivity contribution in [3.05, 3.63) is 78.6 Å². The zero-order chi connectivity index (χ0) is 17.1. The zero-order valence-electron chi connectivity index (χ0n) is 14.7. The summed E-state index contributed by atoms with van der Waals surface area (Å²) in [5.74, 6) is 0. The number of aromatic nitrogens is 1. The van der Waals surface area contributed by atoms with Crippen LogP contribution < -0.4 is 0 Å². The summed E-state index contributed by atoms with van der Waals surface area (Å²) in [6.07, 6.45) is 6.35. The van der Waals surface area contributed by atoms with Gasteiger partial charge in [0.25, 0.3) is 0 Å². The zero-order valence-corrected chi connectivity index (χ0v) is 14.7. The molecular weight excluding hydrogens is 304 g/mol. The quantitative estimate of drug-likeness (QED) is 0.622. The number of pyridine rings is 1. The van der Waals surface area contributed by atoms with E-state index < -0.39 is 0 Å². The molecule has 0 amide bonds. The number of rotatable bonds is 4. The largest absolute Gasteiger partial charge is 0.297 e. The maximum Gasteiger partial charge on any atom is 0.0319 e. The average Bonchev–Trinajstić information content (AvgIpc) is 3.23. The van der Waals surface area contributed by atoms with Crippen molar-refractivity contribution in [1.29, 1.82) is 0 Å². The highest BCUT2D eigenvalue weighted by atomic mass is 15.2. The van der Waals surface area contributed by atoms with E-state index >= 15 is 0 Å².